The van der Waals surface area contributed by atoms with Gasteiger partial charge in [0.05, 0.1) is 22.7 Å². The van der Waals surface area contributed by atoms with Crippen LogP contribution in [0.4, 0.5) is 11.4 Å². The van der Waals surface area contributed by atoms with Gasteiger partial charge in [0, 0.05) is 51.4 Å². The van der Waals surface area contributed by atoms with Gasteiger partial charge in [0.15, 0.2) is 5.11 Å². The fourth-order valence-corrected chi connectivity index (χ4v) is 6.48. The van der Waals surface area contributed by atoms with Crippen LogP contribution in [0.3, 0.4) is 0 Å². The number of nitro groups is 1. The second kappa shape index (κ2) is 11.1. The standard InChI is InChI=1S/C31H26N6O2S2/c1-20-19-26(21(2)35(20)28-8-4-6-18-33-28)30-29(27-7-3-5-17-32-27)34-31(40)36(30)22-9-13-24(14-10-22)41-25-15-11-23(12-16-25)37(38)39/h3-19,29-30H,1-2H3,(H,34,40)/t29-,30+/m0/s1. The molecule has 0 amide bonds. The highest BCUT2D eigenvalue weighted by molar-refractivity contribution is 7.99. The van der Waals surface area contributed by atoms with E-state index >= 15 is 0 Å². The fourth-order valence-electron chi connectivity index (χ4n) is 5.32. The molecule has 2 atom stereocenters. The molecule has 1 saturated heterocycles. The summed E-state index contributed by atoms with van der Waals surface area (Å²) >= 11 is 7.48. The molecule has 0 aliphatic carbocycles. The zero-order valence-electron chi connectivity index (χ0n) is 22.3. The van der Waals surface area contributed by atoms with Crippen LogP contribution >= 0.6 is 24.0 Å². The largest absolute Gasteiger partial charge is 0.351 e. The van der Waals surface area contributed by atoms with Gasteiger partial charge >= 0.3 is 0 Å². The maximum Gasteiger partial charge on any atom is 0.269 e. The number of anilines is 1. The number of non-ortho nitro benzene ring substituents is 1. The minimum absolute atomic E-state index is 0.0793. The maximum atomic E-state index is 11.0. The lowest BCUT2D eigenvalue weighted by Crippen LogP contribution is -2.29. The monoisotopic (exact) mass is 578 g/mol. The van der Waals surface area contributed by atoms with Gasteiger partial charge < -0.3 is 14.8 Å². The summed E-state index contributed by atoms with van der Waals surface area (Å²) in [5.41, 5.74) is 5.27. The van der Waals surface area contributed by atoms with Crippen LogP contribution in [-0.2, 0) is 0 Å². The van der Waals surface area contributed by atoms with Gasteiger partial charge in [0.2, 0.25) is 0 Å². The number of thiocarbonyl (C=S) groups is 1. The Morgan fingerprint density at radius 3 is 2.17 bits per heavy atom. The molecule has 3 aromatic heterocycles. The predicted molar refractivity (Wildman–Crippen MR) is 165 cm³/mol. The van der Waals surface area contributed by atoms with Crippen molar-refractivity contribution in [3.05, 3.63) is 136 Å². The second-order valence-corrected chi connectivity index (χ2v) is 11.2. The van der Waals surface area contributed by atoms with Crippen LogP contribution in [0.15, 0.2) is 113 Å². The first-order valence-corrected chi connectivity index (χ1v) is 14.3. The number of nitro benzene ring substituents is 1. The van der Waals surface area contributed by atoms with Crippen molar-refractivity contribution in [1.29, 1.82) is 0 Å². The molecule has 1 N–H and O–H groups in total. The predicted octanol–water partition coefficient (Wildman–Crippen LogP) is 7.12. The Balaban J connectivity index is 1.37. The molecule has 1 fully saturated rings. The van der Waals surface area contributed by atoms with E-state index in [0.717, 1.165) is 43.9 Å². The normalized spacial score (nSPS) is 16.5. The summed E-state index contributed by atoms with van der Waals surface area (Å²) in [4.78, 5) is 24.0. The fraction of sp³-hybridized carbons (Fsp3) is 0.129. The Kier molecular flexibility index (Phi) is 7.25. The molecule has 4 heterocycles. The quantitative estimate of drug-likeness (QED) is 0.124. The lowest BCUT2D eigenvalue weighted by molar-refractivity contribution is -0.384. The molecule has 5 aromatic rings. The van der Waals surface area contributed by atoms with E-state index in [2.05, 4.69) is 56.8 Å². The third-order valence-electron chi connectivity index (χ3n) is 7.16. The molecule has 10 heteroatoms. The second-order valence-electron chi connectivity index (χ2n) is 9.69. The van der Waals surface area contributed by atoms with Crippen molar-refractivity contribution >= 4 is 40.5 Å². The summed E-state index contributed by atoms with van der Waals surface area (Å²) in [6.07, 6.45) is 3.61. The molecule has 8 nitrogen and oxygen atoms in total. The molecule has 0 saturated carbocycles. The molecule has 1 aliphatic heterocycles. The molecule has 1 aliphatic rings. The van der Waals surface area contributed by atoms with Gasteiger partial charge in [-0.05, 0) is 98.4 Å². The number of aryl methyl sites for hydroxylation is 1. The third kappa shape index (κ3) is 5.19. The zero-order chi connectivity index (χ0) is 28.5. The topological polar surface area (TPSA) is 89.1 Å². The number of pyridine rings is 2. The summed E-state index contributed by atoms with van der Waals surface area (Å²) in [5.74, 6) is 0.871. The minimum atomic E-state index is -0.390. The van der Waals surface area contributed by atoms with Crippen LogP contribution < -0.4 is 10.2 Å². The van der Waals surface area contributed by atoms with E-state index < -0.39 is 4.92 Å². The highest BCUT2D eigenvalue weighted by atomic mass is 32.2. The van der Waals surface area contributed by atoms with Gasteiger partial charge in [-0.15, -0.1) is 0 Å². The van der Waals surface area contributed by atoms with Gasteiger partial charge in [0.25, 0.3) is 5.69 Å². The first kappa shape index (κ1) is 26.7. The number of aromatic nitrogens is 3. The SMILES string of the molecule is Cc1cc([C@@H]2[C@H](c3ccccn3)NC(=S)N2c2ccc(Sc3ccc([N+](=O)[O-])cc3)cc2)c(C)n1-c1ccccn1. The first-order valence-electron chi connectivity index (χ1n) is 13.0. The van der Waals surface area contributed by atoms with Gasteiger partial charge in [0.1, 0.15) is 5.82 Å². The van der Waals surface area contributed by atoms with Crippen LogP contribution in [0, 0.1) is 24.0 Å². The summed E-state index contributed by atoms with van der Waals surface area (Å²) < 4.78 is 2.17. The van der Waals surface area contributed by atoms with Crippen LogP contribution in [0.25, 0.3) is 5.82 Å². The van der Waals surface area contributed by atoms with Crippen molar-refractivity contribution in [1.82, 2.24) is 19.9 Å². The number of benzene rings is 2. The van der Waals surface area contributed by atoms with Crippen molar-refractivity contribution < 1.29 is 4.92 Å². The van der Waals surface area contributed by atoms with Crippen molar-refractivity contribution in [2.75, 3.05) is 4.90 Å². The molecule has 0 radical (unpaired) electrons. The number of nitrogens with zero attached hydrogens (tertiary/aromatic N) is 5. The Hall–Kier alpha value is -4.54. The van der Waals surface area contributed by atoms with Crippen molar-refractivity contribution in [2.45, 2.75) is 35.7 Å². The average Bonchev–Trinajstić information content (AvgIpc) is 3.49. The summed E-state index contributed by atoms with van der Waals surface area (Å²) in [6.45, 7) is 4.21. The average molecular weight is 579 g/mol. The first-order chi connectivity index (χ1) is 19.9. The van der Waals surface area contributed by atoms with Crippen LogP contribution in [0.5, 0.6) is 0 Å². The van der Waals surface area contributed by atoms with E-state index in [1.54, 1.807) is 36.3 Å². The molecule has 41 heavy (non-hydrogen) atoms. The van der Waals surface area contributed by atoms with Gasteiger partial charge in [-0.3, -0.25) is 15.1 Å². The Morgan fingerprint density at radius 1 is 0.902 bits per heavy atom. The van der Waals surface area contributed by atoms with Crippen LogP contribution in [0.1, 0.15) is 34.7 Å². The number of nitrogens with one attached hydrogen (secondary N) is 1. The molecule has 0 unspecified atom stereocenters. The van der Waals surface area contributed by atoms with E-state index in [9.17, 15) is 10.1 Å². The van der Waals surface area contributed by atoms with Crippen LogP contribution in [-0.4, -0.2) is 24.6 Å². The maximum absolute atomic E-state index is 11.0. The molecule has 0 bridgehead atoms. The number of hydrogen-bond donors (Lipinski definition) is 1. The van der Waals surface area contributed by atoms with E-state index in [1.807, 2.05) is 48.5 Å². The van der Waals surface area contributed by atoms with Gasteiger partial charge in [-0.2, -0.15) is 0 Å². The summed E-state index contributed by atoms with van der Waals surface area (Å²) in [5, 5.41) is 15.2. The highest BCUT2D eigenvalue weighted by Gasteiger charge is 2.42. The van der Waals surface area contributed by atoms with Crippen molar-refractivity contribution in [2.24, 2.45) is 0 Å². The van der Waals surface area contributed by atoms with Crippen LogP contribution in [0.2, 0.25) is 0 Å². The molecule has 2 aromatic carbocycles. The molecule has 204 valence electrons. The van der Waals surface area contributed by atoms with E-state index in [0.29, 0.717) is 5.11 Å². The number of hydrogen-bond acceptors (Lipinski definition) is 6. The van der Waals surface area contributed by atoms with Crippen molar-refractivity contribution in [3.63, 3.8) is 0 Å². The van der Waals surface area contributed by atoms with Gasteiger partial charge in [-0.1, -0.05) is 23.9 Å². The van der Waals surface area contributed by atoms with Crippen molar-refractivity contribution in [3.8, 4) is 5.82 Å². The smallest absolute Gasteiger partial charge is 0.269 e. The van der Waals surface area contributed by atoms with Gasteiger partial charge in [-0.25, -0.2) is 4.98 Å². The summed E-state index contributed by atoms with van der Waals surface area (Å²) in [7, 11) is 0. The minimum Gasteiger partial charge on any atom is -0.351 e. The Morgan fingerprint density at radius 2 is 1.56 bits per heavy atom. The lowest BCUT2D eigenvalue weighted by Gasteiger charge is -2.28. The molecular weight excluding hydrogens is 553 g/mol. The van der Waals surface area contributed by atoms with E-state index in [1.165, 1.54) is 12.1 Å². The summed E-state index contributed by atoms with van der Waals surface area (Å²) in [6, 6.07) is 28.6. The third-order valence-corrected chi connectivity index (χ3v) is 8.49. The number of rotatable bonds is 7. The zero-order valence-corrected chi connectivity index (χ0v) is 24.0. The van der Waals surface area contributed by atoms with E-state index in [-0.39, 0.29) is 17.8 Å². The van der Waals surface area contributed by atoms with E-state index in [4.69, 9.17) is 12.2 Å². The molecular formula is C31H26N6O2S2. The Labute approximate surface area is 247 Å². The lowest BCUT2D eigenvalue weighted by atomic mass is 9.96. The molecule has 0 spiro atoms. The Bertz CT molecular complexity index is 1710. The highest BCUT2D eigenvalue weighted by Crippen LogP contribution is 2.44. The molecule has 6 rings (SSSR count).